The molecule has 75 valence electrons. The SMILES string of the molecule is [CH2]C(C=C)c1ccc(CCC)c(C)c1. The summed E-state index contributed by atoms with van der Waals surface area (Å²) < 4.78 is 0. The zero-order valence-corrected chi connectivity index (χ0v) is 9.22. The van der Waals surface area contributed by atoms with Crippen LogP contribution in [0.15, 0.2) is 30.9 Å². The zero-order valence-electron chi connectivity index (χ0n) is 9.22. The van der Waals surface area contributed by atoms with Crippen LogP contribution >= 0.6 is 0 Å². The molecule has 0 saturated carbocycles. The third-order valence-electron chi connectivity index (χ3n) is 2.60. The molecule has 1 aromatic carbocycles. The highest BCUT2D eigenvalue weighted by Crippen LogP contribution is 2.20. The number of benzene rings is 1. The second-order valence-electron chi connectivity index (χ2n) is 3.78. The van der Waals surface area contributed by atoms with Gasteiger partial charge in [-0.15, -0.1) is 6.58 Å². The van der Waals surface area contributed by atoms with E-state index in [1.165, 1.54) is 29.5 Å². The van der Waals surface area contributed by atoms with Crippen molar-refractivity contribution in [2.75, 3.05) is 0 Å². The van der Waals surface area contributed by atoms with Crippen molar-refractivity contribution in [1.29, 1.82) is 0 Å². The maximum absolute atomic E-state index is 4.03. The summed E-state index contributed by atoms with van der Waals surface area (Å²) in [6.07, 6.45) is 4.26. The Morgan fingerprint density at radius 2 is 2.14 bits per heavy atom. The van der Waals surface area contributed by atoms with E-state index in [0.29, 0.717) is 0 Å². The van der Waals surface area contributed by atoms with Gasteiger partial charge in [0.15, 0.2) is 0 Å². The first-order chi connectivity index (χ1) is 6.69. The lowest BCUT2D eigenvalue weighted by molar-refractivity contribution is 0.909. The number of allylic oxidation sites excluding steroid dienone is 1. The highest BCUT2D eigenvalue weighted by molar-refractivity contribution is 5.34. The van der Waals surface area contributed by atoms with E-state index in [1.54, 1.807) is 0 Å². The molecule has 0 aliphatic carbocycles. The van der Waals surface area contributed by atoms with Crippen LogP contribution in [0.5, 0.6) is 0 Å². The predicted molar refractivity (Wildman–Crippen MR) is 63.5 cm³/mol. The van der Waals surface area contributed by atoms with Crippen LogP contribution < -0.4 is 0 Å². The fourth-order valence-electron chi connectivity index (χ4n) is 1.64. The molecule has 0 spiro atoms. The van der Waals surface area contributed by atoms with Crippen LogP contribution in [0.4, 0.5) is 0 Å². The van der Waals surface area contributed by atoms with E-state index in [4.69, 9.17) is 0 Å². The van der Waals surface area contributed by atoms with Gasteiger partial charge >= 0.3 is 0 Å². The third-order valence-corrected chi connectivity index (χ3v) is 2.60. The first-order valence-corrected chi connectivity index (χ1v) is 5.24. The summed E-state index contributed by atoms with van der Waals surface area (Å²) in [6, 6.07) is 6.61. The minimum atomic E-state index is 0.212. The average Bonchev–Trinajstić information content (AvgIpc) is 2.20. The summed E-state index contributed by atoms with van der Waals surface area (Å²) in [5, 5.41) is 0. The fourth-order valence-corrected chi connectivity index (χ4v) is 1.64. The number of aryl methyl sites for hydroxylation is 2. The molecular formula is C14H19. The van der Waals surface area contributed by atoms with Gasteiger partial charge in [0.2, 0.25) is 0 Å². The van der Waals surface area contributed by atoms with E-state index in [0.717, 1.165) is 0 Å². The van der Waals surface area contributed by atoms with E-state index in [9.17, 15) is 0 Å². The van der Waals surface area contributed by atoms with E-state index in [1.807, 2.05) is 6.08 Å². The minimum absolute atomic E-state index is 0.212. The van der Waals surface area contributed by atoms with Crippen molar-refractivity contribution in [3.63, 3.8) is 0 Å². The molecule has 0 nitrogen and oxygen atoms in total. The first-order valence-electron chi connectivity index (χ1n) is 5.24. The Morgan fingerprint density at radius 3 is 2.64 bits per heavy atom. The molecule has 0 heterocycles. The van der Waals surface area contributed by atoms with Gasteiger partial charge in [-0.05, 0) is 37.0 Å². The molecule has 1 unspecified atom stereocenters. The van der Waals surface area contributed by atoms with Crippen molar-refractivity contribution in [3.05, 3.63) is 54.5 Å². The quantitative estimate of drug-likeness (QED) is 0.624. The second-order valence-corrected chi connectivity index (χ2v) is 3.78. The molecule has 0 aliphatic heterocycles. The predicted octanol–water partition coefficient (Wildman–Crippen LogP) is 4.05. The Morgan fingerprint density at radius 1 is 1.43 bits per heavy atom. The van der Waals surface area contributed by atoms with Crippen LogP contribution in [0.1, 0.15) is 36.0 Å². The Labute approximate surface area is 87.7 Å². The lowest BCUT2D eigenvalue weighted by Gasteiger charge is -2.10. The van der Waals surface area contributed by atoms with Crippen molar-refractivity contribution < 1.29 is 0 Å². The van der Waals surface area contributed by atoms with Gasteiger partial charge in [-0.25, -0.2) is 0 Å². The molecule has 1 aromatic rings. The van der Waals surface area contributed by atoms with Crippen LogP contribution in [0.25, 0.3) is 0 Å². The van der Waals surface area contributed by atoms with E-state index < -0.39 is 0 Å². The summed E-state index contributed by atoms with van der Waals surface area (Å²) in [5.41, 5.74) is 4.09. The molecule has 0 heteroatoms. The summed E-state index contributed by atoms with van der Waals surface area (Å²) in [6.45, 7) is 12.2. The minimum Gasteiger partial charge on any atom is -0.102 e. The Balaban J connectivity index is 2.93. The summed E-state index contributed by atoms with van der Waals surface area (Å²) in [4.78, 5) is 0. The summed E-state index contributed by atoms with van der Waals surface area (Å²) in [5.74, 6) is 0.212. The van der Waals surface area contributed by atoms with Crippen molar-refractivity contribution in [1.82, 2.24) is 0 Å². The lowest BCUT2D eigenvalue weighted by Crippen LogP contribution is -1.94. The van der Waals surface area contributed by atoms with Crippen LogP contribution in [0, 0.1) is 13.8 Å². The monoisotopic (exact) mass is 187 g/mol. The normalized spacial score (nSPS) is 12.5. The van der Waals surface area contributed by atoms with Gasteiger partial charge in [-0.3, -0.25) is 0 Å². The van der Waals surface area contributed by atoms with Gasteiger partial charge in [-0.1, -0.05) is 37.6 Å². The number of rotatable bonds is 4. The Hall–Kier alpha value is -1.04. The molecule has 0 aliphatic rings. The zero-order chi connectivity index (χ0) is 10.6. The molecule has 14 heavy (non-hydrogen) atoms. The topological polar surface area (TPSA) is 0 Å². The maximum atomic E-state index is 4.03. The molecule has 0 fully saturated rings. The Bertz CT molecular complexity index is 310. The molecule has 0 saturated heterocycles. The molecular weight excluding hydrogens is 168 g/mol. The highest BCUT2D eigenvalue weighted by atomic mass is 14.1. The number of hydrogen-bond acceptors (Lipinski definition) is 0. The molecule has 1 atom stereocenters. The summed E-state index contributed by atoms with van der Waals surface area (Å²) >= 11 is 0. The van der Waals surface area contributed by atoms with Crippen LogP contribution in [-0.2, 0) is 6.42 Å². The summed E-state index contributed by atoms with van der Waals surface area (Å²) in [7, 11) is 0. The van der Waals surface area contributed by atoms with Crippen molar-refractivity contribution in [3.8, 4) is 0 Å². The molecule has 0 N–H and O–H groups in total. The van der Waals surface area contributed by atoms with E-state index >= 15 is 0 Å². The van der Waals surface area contributed by atoms with Crippen molar-refractivity contribution >= 4 is 0 Å². The van der Waals surface area contributed by atoms with Gasteiger partial charge in [0.05, 0.1) is 0 Å². The van der Waals surface area contributed by atoms with E-state index in [-0.39, 0.29) is 5.92 Å². The van der Waals surface area contributed by atoms with Gasteiger partial charge in [0, 0.05) is 5.92 Å². The molecule has 0 bridgehead atoms. The smallest absolute Gasteiger partial charge is 0.00157 e. The standard InChI is InChI=1S/C14H19/c1-5-7-13-8-9-14(10-12(13)4)11(3)6-2/h6,8-11H,2-3,5,7H2,1,4H3. The third kappa shape index (κ3) is 2.47. The average molecular weight is 187 g/mol. The number of hydrogen-bond donors (Lipinski definition) is 0. The largest absolute Gasteiger partial charge is 0.102 e. The van der Waals surface area contributed by atoms with Crippen LogP contribution in [0.2, 0.25) is 0 Å². The highest BCUT2D eigenvalue weighted by Gasteiger charge is 2.03. The molecule has 1 radical (unpaired) electrons. The van der Waals surface area contributed by atoms with Crippen LogP contribution in [0.3, 0.4) is 0 Å². The van der Waals surface area contributed by atoms with Gasteiger partial charge < -0.3 is 0 Å². The maximum Gasteiger partial charge on any atom is 0.00157 e. The van der Waals surface area contributed by atoms with Crippen molar-refractivity contribution in [2.24, 2.45) is 0 Å². The first kappa shape index (κ1) is 11.0. The lowest BCUT2D eigenvalue weighted by atomic mass is 9.95. The molecule has 0 amide bonds. The Kier molecular flexibility index (Phi) is 3.94. The molecule has 1 rings (SSSR count). The van der Waals surface area contributed by atoms with Gasteiger partial charge in [0.1, 0.15) is 0 Å². The van der Waals surface area contributed by atoms with E-state index in [2.05, 4.69) is 45.5 Å². The van der Waals surface area contributed by atoms with Crippen molar-refractivity contribution in [2.45, 2.75) is 32.6 Å². The van der Waals surface area contributed by atoms with Gasteiger partial charge in [0.25, 0.3) is 0 Å². The molecule has 0 aromatic heterocycles. The van der Waals surface area contributed by atoms with Crippen LogP contribution in [-0.4, -0.2) is 0 Å². The fraction of sp³-hybridized carbons (Fsp3) is 0.357. The second kappa shape index (κ2) is 4.99. The van der Waals surface area contributed by atoms with Gasteiger partial charge in [-0.2, -0.15) is 0 Å².